The molecule has 2 aliphatic rings. The van der Waals surface area contributed by atoms with E-state index in [1.165, 1.54) is 6.07 Å². The molecule has 7 heteroatoms. The van der Waals surface area contributed by atoms with Crippen LogP contribution in [0.2, 0.25) is 0 Å². The second-order valence-electron chi connectivity index (χ2n) is 7.13. The number of hydrogen-bond donors (Lipinski definition) is 3. The number of aliphatic hydroxyl groups is 1. The molecule has 2 aromatic rings. The quantitative estimate of drug-likeness (QED) is 0.773. The van der Waals surface area contributed by atoms with Gasteiger partial charge in [-0.1, -0.05) is 12.1 Å². The number of likely N-dealkylation sites (tertiary alicyclic amines) is 1. The summed E-state index contributed by atoms with van der Waals surface area (Å²) in [7, 11) is 0. The van der Waals surface area contributed by atoms with Gasteiger partial charge in [0.2, 0.25) is 0 Å². The number of phenols is 1. The average molecular weight is 354 g/mol. The van der Waals surface area contributed by atoms with Crippen molar-refractivity contribution in [3.8, 4) is 5.75 Å². The number of benzene rings is 1. The maximum absolute atomic E-state index is 12.7. The number of aromatic nitrogens is 2. The van der Waals surface area contributed by atoms with Crippen LogP contribution in [0.1, 0.15) is 23.2 Å². The molecule has 0 unspecified atom stereocenters. The van der Waals surface area contributed by atoms with E-state index < -0.39 is 6.10 Å². The Kier molecular flexibility index (Phi) is 4.46. The van der Waals surface area contributed by atoms with E-state index in [4.69, 9.17) is 0 Å². The predicted octanol–water partition coefficient (Wildman–Crippen LogP) is 1.51. The molecule has 3 N–H and O–H groups in total. The van der Waals surface area contributed by atoms with Crippen molar-refractivity contribution in [1.29, 1.82) is 0 Å². The van der Waals surface area contributed by atoms with Gasteiger partial charge in [0.1, 0.15) is 11.6 Å². The minimum Gasteiger partial charge on any atom is -0.507 e. The van der Waals surface area contributed by atoms with Crippen molar-refractivity contribution in [1.82, 2.24) is 14.9 Å². The lowest BCUT2D eigenvalue weighted by Crippen LogP contribution is -2.43. The van der Waals surface area contributed by atoms with E-state index >= 15 is 0 Å². The van der Waals surface area contributed by atoms with Gasteiger partial charge in [-0.15, -0.1) is 0 Å². The molecule has 1 aliphatic heterocycles. The number of carbonyl (C=O) groups is 1. The normalized spacial score (nSPS) is 27.8. The number of nitrogens with zero attached hydrogens (tertiary/aromatic N) is 3. The summed E-state index contributed by atoms with van der Waals surface area (Å²) in [4.78, 5) is 22.8. The number of amides is 1. The van der Waals surface area contributed by atoms with Crippen molar-refractivity contribution >= 4 is 11.7 Å². The summed E-state index contributed by atoms with van der Waals surface area (Å²) in [6.07, 6.45) is 5.79. The highest BCUT2D eigenvalue weighted by molar-refractivity contribution is 5.97. The fourth-order valence-corrected chi connectivity index (χ4v) is 4.14. The first-order valence-corrected chi connectivity index (χ1v) is 8.89. The Bertz CT molecular complexity index is 785. The third kappa shape index (κ3) is 3.22. The molecular weight excluding hydrogens is 332 g/mol. The van der Waals surface area contributed by atoms with Gasteiger partial charge in [-0.25, -0.2) is 4.98 Å². The molecule has 1 saturated carbocycles. The molecule has 0 bridgehead atoms. The Morgan fingerprint density at radius 2 is 1.92 bits per heavy atom. The van der Waals surface area contributed by atoms with Gasteiger partial charge in [-0.3, -0.25) is 9.78 Å². The van der Waals surface area contributed by atoms with Crippen molar-refractivity contribution in [2.75, 3.05) is 18.4 Å². The second-order valence-corrected chi connectivity index (χ2v) is 7.13. The molecule has 7 nitrogen and oxygen atoms in total. The maximum Gasteiger partial charge on any atom is 0.257 e. The predicted molar refractivity (Wildman–Crippen MR) is 95.7 cm³/mol. The van der Waals surface area contributed by atoms with Gasteiger partial charge in [0.15, 0.2) is 0 Å². The largest absolute Gasteiger partial charge is 0.507 e. The number of fused-ring (bicyclic) bond motifs is 1. The summed E-state index contributed by atoms with van der Waals surface area (Å²) in [6, 6.07) is 6.52. The molecule has 1 amide bonds. The van der Waals surface area contributed by atoms with Gasteiger partial charge in [0.05, 0.1) is 23.9 Å². The summed E-state index contributed by atoms with van der Waals surface area (Å²) in [5.74, 6) is 1.11. The van der Waals surface area contributed by atoms with Gasteiger partial charge < -0.3 is 20.4 Å². The summed E-state index contributed by atoms with van der Waals surface area (Å²) in [5.41, 5.74) is 0.334. The smallest absolute Gasteiger partial charge is 0.257 e. The molecule has 136 valence electrons. The molecular formula is C19H22N4O3. The van der Waals surface area contributed by atoms with Gasteiger partial charge in [0, 0.05) is 25.5 Å². The van der Waals surface area contributed by atoms with Crippen molar-refractivity contribution < 1.29 is 15.0 Å². The fourth-order valence-electron chi connectivity index (χ4n) is 4.14. The number of para-hydroxylation sites is 1. The van der Waals surface area contributed by atoms with Crippen LogP contribution in [0.5, 0.6) is 5.75 Å². The zero-order valence-corrected chi connectivity index (χ0v) is 14.3. The van der Waals surface area contributed by atoms with Crippen LogP contribution in [0.25, 0.3) is 0 Å². The standard InChI is InChI=1S/C19H22N4O3/c24-16-4-2-1-3-14(16)19(26)23-10-12-7-15(17(25)8-13(12)11-23)22-18-9-20-5-6-21-18/h1-6,9,12-13,15,17,24-25H,7-8,10-11H2,(H,21,22)/t12-,13+,15-,17-/m1/s1. The number of anilines is 1. The minimum absolute atomic E-state index is 0.00889. The molecule has 0 radical (unpaired) electrons. The van der Waals surface area contributed by atoms with E-state index in [2.05, 4.69) is 15.3 Å². The van der Waals surface area contributed by atoms with Gasteiger partial charge >= 0.3 is 0 Å². The summed E-state index contributed by atoms with van der Waals surface area (Å²) < 4.78 is 0. The highest BCUT2D eigenvalue weighted by Gasteiger charge is 2.43. The molecule has 1 aliphatic carbocycles. The van der Waals surface area contributed by atoms with E-state index in [0.717, 1.165) is 6.42 Å². The average Bonchev–Trinajstić information content (AvgIpc) is 3.05. The number of aromatic hydroxyl groups is 1. The van der Waals surface area contributed by atoms with E-state index in [1.807, 2.05) is 0 Å². The minimum atomic E-state index is -0.488. The van der Waals surface area contributed by atoms with Crippen LogP contribution >= 0.6 is 0 Å². The lowest BCUT2D eigenvalue weighted by Gasteiger charge is -2.35. The Balaban J connectivity index is 1.44. The number of carbonyl (C=O) groups excluding carboxylic acids is 1. The zero-order valence-electron chi connectivity index (χ0n) is 14.3. The first-order valence-electron chi connectivity index (χ1n) is 8.89. The second kappa shape index (κ2) is 6.92. The molecule has 1 saturated heterocycles. The number of aliphatic hydroxyl groups excluding tert-OH is 1. The van der Waals surface area contributed by atoms with Crippen LogP contribution in [0.15, 0.2) is 42.9 Å². The number of phenolic OH excluding ortho intramolecular Hbond substituents is 1. The van der Waals surface area contributed by atoms with Crippen LogP contribution in [0.4, 0.5) is 5.82 Å². The van der Waals surface area contributed by atoms with Crippen LogP contribution in [0.3, 0.4) is 0 Å². The molecule has 4 rings (SSSR count). The SMILES string of the molecule is O=C(c1ccccc1O)N1C[C@H]2C[C@@H](Nc3cnccn3)[C@H](O)C[C@H]2C1. The van der Waals surface area contributed by atoms with Crippen LogP contribution in [-0.4, -0.2) is 56.2 Å². The third-order valence-electron chi connectivity index (χ3n) is 5.46. The Morgan fingerprint density at radius 1 is 1.15 bits per heavy atom. The van der Waals surface area contributed by atoms with Crippen LogP contribution in [0, 0.1) is 11.8 Å². The topological polar surface area (TPSA) is 98.6 Å². The molecule has 2 fully saturated rings. The fraction of sp³-hybridized carbons (Fsp3) is 0.421. The number of nitrogens with one attached hydrogen (secondary N) is 1. The lowest BCUT2D eigenvalue weighted by molar-refractivity contribution is 0.0726. The summed E-state index contributed by atoms with van der Waals surface area (Å²) in [6.45, 7) is 1.26. The molecule has 2 heterocycles. The van der Waals surface area contributed by atoms with Crippen molar-refractivity contribution in [3.05, 3.63) is 48.4 Å². The lowest BCUT2D eigenvalue weighted by atomic mass is 9.77. The molecule has 4 atom stereocenters. The monoisotopic (exact) mass is 354 g/mol. The van der Waals surface area contributed by atoms with E-state index in [1.54, 1.807) is 41.7 Å². The van der Waals surface area contributed by atoms with Gasteiger partial charge in [-0.2, -0.15) is 0 Å². The molecule has 1 aromatic carbocycles. The van der Waals surface area contributed by atoms with E-state index in [9.17, 15) is 15.0 Å². The first-order chi connectivity index (χ1) is 12.6. The molecule has 1 aromatic heterocycles. The van der Waals surface area contributed by atoms with E-state index in [-0.39, 0.29) is 23.6 Å². The van der Waals surface area contributed by atoms with Crippen molar-refractivity contribution in [3.63, 3.8) is 0 Å². The summed E-state index contributed by atoms with van der Waals surface area (Å²) in [5, 5.41) is 23.7. The van der Waals surface area contributed by atoms with E-state index in [0.29, 0.717) is 36.8 Å². The first kappa shape index (κ1) is 16.8. The highest BCUT2D eigenvalue weighted by atomic mass is 16.3. The summed E-state index contributed by atoms with van der Waals surface area (Å²) >= 11 is 0. The van der Waals surface area contributed by atoms with Crippen molar-refractivity contribution in [2.24, 2.45) is 11.8 Å². The Hall–Kier alpha value is -2.67. The third-order valence-corrected chi connectivity index (χ3v) is 5.46. The Morgan fingerprint density at radius 3 is 2.65 bits per heavy atom. The van der Waals surface area contributed by atoms with Crippen LogP contribution in [-0.2, 0) is 0 Å². The number of rotatable bonds is 3. The molecule has 0 spiro atoms. The molecule has 26 heavy (non-hydrogen) atoms. The van der Waals surface area contributed by atoms with Crippen LogP contribution < -0.4 is 5.32 Å². The highest BCUT2D eigenvalue weighted by Crippen LogP contribution is 2.38. The number of hydrogen-bond acceptors (Lipinski definition) is 6. The maximum atomic E-state index is 12.7. The van der Waals surface area contributed by atoms with Gasteiger partial charge in [-0.05, 0) is 36.8 Å². The zero-order chi connectivity index (χ0) is 18.1. The van der Waals surface area contributed by atoms with Gasteiger partial charge in [0.25, 0.3) is 5.91 Å². The Labute approximate surface area is 151 Å². The van der Waals surface area contributed by atoms with Crippen molar-refractivity contribution in [2.45, 2.75) is 25.0 Å².